The number of nitriles is 2. The fraction of sp³-hybridized carbons (Fsp3) is 0.238. The highest BCUT2D eigenvalue weighted by Crippen LogP contribution is 2.35. The van der Waals surface area contributed by atoms with E-state index in [1.165, 1.54) is 12.1 Å². The Labute approximate surface area is 326 Å². The number of carboxylic acid groups (broad SMARTS) is 1. The van der Waals surface area contributed by atoms with Crippen LogP contribution in [-0.2, 0) is 35.8 Å². The predicted octanol–water partition coefficient (Wildman–Crippen LogP) is 2.66. The van der Waals surface area contributed by atoms with Gasteiger partial charge in [0.05, 0.1) is 29.7 Å². The Hall–Kier alpha value is -5.83. The minimum absolute atomic E-state index is 0.147. The molecule has 0 aromatic heterocycles. The van der Waals surface area contributed by atoms with E-state index in [-0.39, 0.29) is 42.9 Å². The third kappa shape index (κ3) is 10.3. The van der Waals surface area contributed by atoms with Crippen molar-refractivity contribution in [1.82, 2.24) is 15.1 Å². The average molecular weight is 751 g/mol. The molecule has 6 N–H and O–H groups in total. The van der Waals surface area contributed by atoms with Gasteiger partial charge in [-0.1, -0.05) is 67.2 Å². The molecule has 12 nitrogen and oxygen atoms in total. The number of fused-ring (bicyclic) bond motifs is 2. The molecular weight excluding hydrogens is 708 g/mol. The summed E-state index contributed by atoms with van der Waals surface area (Å²) < 4.78 is 0. The van der Waals surface area contributed by atoms with E-state index in [1.54, 1.807) is 31.2 Å². The summed E-state index contributed by atoms with van der Waals surface area (Å²) in [5.74, 6) is -1.22. The Morgan fingerprint density at radius 1 is 0.696 bits per heavy atom. The molecule has 0 heterocycles. The Balaban J connectivity index is 1.59. The molecule has 0 aliphatic rings. The number of nitrogens with one attached hydrogen (secondary N) is 1. The zero-order valence-electron chi connectivity index (χ0n) is 31.2. The monoisotopic (exact) mass is 751 g/mol. The highest BCUT2D eigenvalue weighted by molar-refractivity contribution is 6.59. The SMILES string of the molecule is C=C(C)C(=O)NCCCN(Cc1cc(C#N)ccc1B(O)O)Cc1c2ccccc2c(CN(CCC(=O)O)Cc2cc(C#N)ccc2B(O)O)c2ccccc12. The highest BCUT2D eigenvalue weighted by Gasteiger charge is 2.24. The topological polar surface area (TPSA) is 201 Å². The number of carboxylic acids is 1. The van der Waals surface area contributed by atoms with Crippen LogP contribution < -0.4 is 16.2 Å². The van der Waals surface area contributed by atoms with Crippen molar-refractivity contribution in [3.63, 3.8) is 0 Å². The molecule has 0 radical (unpaired) electrons. The van der Waals surface area contributed by atoms with E-state index in [0.29, 0.717) is 60.4 Å². The van der Waals surface area contributed by atoms with Crippen LogP contribution in [0, 0.1) is 22.7 Å². The summed E-state index contributed by atoms with van der Waals surface area (Å²) in [6, 6.07) is 29.4. The number of nitrogens with zero attached hydrogens (tertiary/aromatic N) is 4. The number of hydrogen-bond donors (Lipinski definition) is 6. The second kappa shape index (κ2) is 19.2. The summed E-state index contributed by atoms with van der Waals surface area (Å²) in [6.45, 7) is 7.51. The molecule has 5 aromatic carbocycles. The van der Waals surface area contributed by atoms with Gasteiger partial charge in [0.2, 0.25) is 5.91 Å². The molecule has 0 bridgehead atoms. The van der Waals surface area contributed by atoms with Crippen LogP contribution >= 0.6 is 0 Å². The molecule has 0 aliphatic carbocycles. The van der Waals surface area contributed by atoms with Gasteiger partial charge >= 0.3 is 20.2 Å². The first-order chi connectivity index (χ1) is 26.9. The summed E-state index contributed by atoms with van der Waals surface area (Å²) in [5.41, 5.74) is 4.65. The summed E-state index contributed by atoms with van der Waals surface area (Å²) in [4.78, 5) is 28.1. The second-order valence-corrected chi connectivity index (χ2v) is 13.8. The van der Waals surface area contributed by atoms with Crippen LogP contribution in [0.25, 0.3) is 21.5 Å². The first kappa shape index (κ1) is 41.3. The lowest BCUT2D eigenvalue weighted by Crippen LogP contribution is -2.37. The third-order valence-corrected chi connectivity index (χ3v) is 9.77. The van der Waals surface area contributed by atoms with Gasteiger partial charge in [-0.15, -0.1) is 0 Å². The van der Waals surface area contributed by atoms with Crippen molar-refractivity contribution >= 4 is 58.6 Å². The van der Waals surface area contributed by atoms with Crippen molar-refractivity contribution in [2.45, 2.75) is 45.9 Å². The van der Waals surface area contributed by atoms with Gasteiger partial charge in [0.15, 0.2) is 0 Å². The van der Waals surface area contributed by atoms with Crippen LogP contribution in [0.4, 0.5) is 0 Å². The number of hydrogen-bond acceptors (Lipinski definition) is 10. The van der Waals surface area contributed by atoms with Gasteiger partial charge in [-0.25, -0.2) is 0 Å². The third-order valence-electron chi connectivity index (χ3n) is 9.77. The molecule has 14 heteroatoms. The van der Waals surface area contributed by atoms with E-state index >= 15 is 0 Å². The van der Waals surface area contributed by atoms with Gasteiger partial charge in [0.25, 0.3) is 0 Å². The number of benzene rings is 5. The van der Waals surface area contributed by atoms with E-state index in [9.17, 15) is 45.3 Å². The average Bonchev–Trinajstić information content (AvgIpc) is 3.18. The van der Waals surface area contributed by atoms with Crippen LogP contribution in [0.5, 0.6) is 0 Å². The lowest BCUT2D eigenvalue weighted by atomic mass is 9.76. The molecule has 0 aliphatic heterocycles. The molecule has 0 saturated carbocycles. The minimum Gasteiger partial charge on any atom is -0.481 e. The summed E-state index contributed by atoms with van der Waals surface area (Å²) >= 11 is 0. The quantitative estimate of drug-likeness (QED) is 0.0333. The molecule has 0 unspecified atom stereocenters. The molecule has 0 saturated heterocycles. The van der Waals surface area contributed by atoms with E-state index < -0.39 is 20.2 Å². The molecule has 5 rings (SSSR count). The summed E-state index contributed by atoms with van der Waals surface area (Å²) in [6.07, 6.45) is 0.403. The van der Waals surface area contributed by atoms with Crippen molar-refractivity contribution < 1.29 is 34.8 Å². The molecular formula is C42H43B2N5O7. The van der Waals surface area contributed by atoms with Crippen LogP contribution in [0.15, 0.2) is 97.1 Å². The van der Waals surface area contributed by atoms with E-state index in [2.05, 4.69) is 28.9 Å². The van der Waals surface area contributed by atoms with Crippen molar-refractivity contribution in [2.75, 3.05) is 19.6 Å². The van der Waals surface area contributed by atoms with Crippen LogP contribution in [0.1, 0.15) is 53.1 Å². The number of carbonyl (C=O) groups excluding carboxylic acids is 1. The number of aliphatic carboxylic acids is 1. The van der Waals surface area contributed by atoms with Gasteiger partial charge in [-0.2, -0.15) is 10.5 Å². The van der Waals surface area contributed by atoms with Gasteiger partial charge in [-0.3, -0.25) is 19.4 Å². The first-order valence-electron chi connectivity index (χ1n) is 18.2. The van der Waals surface area contributed by atoms with Gasteiger partial charge < -0.3 is 30.5 Å². The van der Waals surface area contributed by atoms with Gasteiger partial charge in [-0.05, 0) is 92.3 Å². The number of amides is 1. The van der Waals surface area contributed by atoms with Gasteiger partial charge in [0.1, 0.15) is 0 Å². The summed E-state index contributed by atoms with van der Waals surface area (Å²) in [5, 5.41) is 76.3. The van der Waals surface area contributed by atoms with E-state index in [4.69, 9.17) is 0 Å². The smallest absolute Gasteiger partial charge is 0.481 e. The molecule has 5 aromatic rings. The second-order valence-electron chi connectivity index (χ2n) is 13.8. The number of carbonyl (C=O) groups is 2. The van der Waals surface area contributed by atoms with Crippen molar-refractivity contribution in [3.05, 3.63) is 130 Å². The fourth-order valence-electron chi connectivity index (χ4n) is 7.04. The lowest BCUT2D eigenvalue weighted by molar-refractivity contribution is -0.137. The fourth-order valence-corrected chi connectivity index (χ4v) is 7.04. The van der Waals surface area contributed by atoms with Crippen molar-refractivity contribution in [3.8, 4) is 12.1 Å². The Kier molecular flexibility index (Phi) is 14.1. The minimum atomic E-state index is -1.79. The number of rotatable bonds is 18. The van der Waals surface area contributed by atoms with Crippen molar-refractivity contribution in [1.29, 1.82) is 10.5 Å². The largest absolute Gasteiger partial charge is 0.488 e. The maximum Gasteiger partial charge on any atom is 0.488 e. The van der Waals surface area contributed by atoms with E-state index in [1.807, 2.05) is 53.4 Å². The van der Waals surface area contributed by atoms with Crippen LogP contribution in [0.2, 0.25) is 0 Å². The first-order valence-corrected chi connectivity index (χ1v) is 18.2. The Bertz CT molecular complexity index is 2280. The highest BCUT2D eigenvalue weighted by atomic mass is 16.4. The lowest BCUT2D eigenvalue weighted by Gasteiger charge is -2.28. The maximum absolute atomic E-state index is 12.2. The normalized spacial score (nSPS) is 11.1. The van der Waals surface area contributed by atoms with Crippen LogP contribution in [0.3, 0.4) is 0 Å². The van der Waals surface area contributed by atoms with E-state index in [0.717, 1.165) is 32.7 Å². The molecule has 0 atom stereocenters. The molecule has 284 valence electrons. The van der Waals surface area contributed by atoms with Crippen molar-refractivity contribution in [2.24, 2.45) is 0 Å². The molecule has 0 fully saturated rings. The maximum atomic E-state index is 12.2. The zero-order valence-corrected chi connectivity index (χ0v) is 31.2. The Morgan fingerprint density at radius 3 is 1.50 bits per heavy atom. The zero-order chi connectivity index (χ0) is 40.4. The predicted molar refractivity (Wildman–Crippen MR) is 216 cm³/mol. The van der Waals surface area contributed by atoms with Crippen LogP contribution in [-0.4, -0.2) is 80.7 Å². The Morgan fingerprint density at radius 2 is 1.12 bits per heavy atom. The standard InChI is InChI=1S/C42H43B2N5O7/c1-28(2)42(52)47-17-7-18-48(24-31-20-29(22-45)12-14-39(31)43(53)54)26-37-33-8-3-5-10-35(33)38(36-11-6-4-9-34(36)37)27-49(19-16-41(50)51)25-32-21-30(23-46)13-15-40(32)44(55)56/h3-6,8-15,20-21,53-56H,1,7,16-19,24-27H2,2H3,(H,47,52)(H,50,51). The summed E-state index contributed by atoms with van der Waals surface area (Å²) in [7, 11) is -3.54. The molecule has 0 spiro atoms. The van der Waals surface area contributed by atoms with Gasteiger partial charge in [0, 0.05) is 51.4 Å². The molecule has 1 amide bonds. The molecule has 56 heavy (non-hydrogen) atoms.